The van der Waals surface area contributed by atoms with Crippen molar-refractivity contribution in [2.24, 2.45) is 5.41 Å². The van der Waals surface area contributed by atoms with Gasteiger partial charge in [0.05, 0.1) is 12.0 Å². The SMILES string of the molecule is COCCN1CCC[C@]2(CCN(C(=O)c3ccc(F)cc3)C2)C1=O. The third kappa shape index (κ3) is 3.15. The number of methoxy groups -OCH3 is 1. The standard InChI is InChI=1S/C18H23FN2O3/c1-24-12-11-20-9-2-7-18(17(20)23)8-10-21(13-18)16(22)14-3-5-15(19)6-4-14/h3-6H,2,7-13H2,1H3/t18-/m1/s1. The van der Waals surface area contributed by atoms with Gasteiger partial charge < -0.3 is 14.5 Å². The summed E-state index contributed by atoms with van der Waals surface area (Å²) in [7, 11) is 1.63. The molecule has 0 unspecified atom stereocenters. The van der Waals surface area contributed by atoms with Crippen molar-refractivity contribution in [3.05, 3.63) is 35.6 Å². The Morgan fingerprint density at radius 3 is 2.71 bits per heavy atom. The Morgan fingerprint density at radius 1 is 1.25 bits per heavy atom. The quantitative estimate of drug-likeness (QED) is 0.845. The van der Waals surface area contributed by atoms with Crippen molar-refractivity contribution in [3.8, 4) is 0 Å². The van der Waals surface area contributed by atoms with E-state index in [0.29, 0.717) is 38.2 Å². The lowest BCUT2D eigenvalue weighted by molar-refractivity contribution is -0.146. The van der Waals surface area contributed by atoms with Crippen molar-refractivity contribution >= 4 is 11.8 Å². The average Bonchev–Trinajstić information content (AvgIpc) is 3.01. The van der Waals surface area contributed by atoms with Crippen LogP contribution in [0.3, 0.4) is 0 Å². The molecule has 2 fully saturated rings. The molecule has 1 spiro atoms. The fourth-order valence-corrected chi connectivity index (χ4v) is 3.77. The van der Waals surface area contributed by atoms with Crippen LogP contribution in [0.15, 0.2) is 24.3 Å². The zero-order chi connectivity index (χ0) is 17.2. The molecular formula is C18H23FN2O3. The molecule has 0 saturated carbocycles. The van der Waals surface area contributed by atoms with Crippen molar-refractivity contribution in [1.82, 2.24) is 9.80 Å². The zero-order valence-corrected chi connectivity index (χ0v) is 14.0. The van der Waals surface area contributed by atoms with E-state index in [1.807, 2.05) is 4.90 Å². The first-order chi connectivity index (χ1) is 11.6. The summed E-state index contributed by atoms with van der Waals surface area (Å²) in [5.41, 5.74) is 0.00903. The first-order valence-corrected chi connectivity index (χ1v) is 8.39. The van der Waals surface area contributed by atoms with Gasteiger partial charge in [0.1, 0.15) is 5.82 Å². The van der Waals surface area contributed by atoms with Gasteiger partial charge in [-0.1, -0.05) is 0 Å². The summed E-state index contributed by atoms with van der Waals surface area (Å²) in [5.74, 6) is -0.352. The van der Waals surface area contributed by atoms with Crippen LogP contribution in [0.25, 0.3) is 0 Å². The minimum absolute atomic E-state index is 0.131. The first-order valence-electron chi connectivity index (χ1n) is 8.39. The van der Waals surface area contributed by atoms with E-state index < -0.39 is 5.41 Å². The number of amides is 2. The highest BCUT2D eigenvalue weighted by atomic mass is 19.1. The number of benzene rings is 1. The molecule has 0 aliphatic carbocycles. The van der Waals surface area contributed by atoms with E-state index in [2.05, 4.69) is 0 Å². The second kappa shape index (κ2) is 6.89. The number of halogens is 1. The molecule has 130 valence electrons. The van der Waals surface area contributed by atoms with Crippen LogP contribution in [0.5, 0.6) is 0 Å². The topological polar surface area (TPSA) is 49.9 Å². The molecule has 6 heteroatoms. The maximum atomic E-state index is 13.0. The highest BCUT2D eigenvalue weighted by Gasteiger charge is 2.49. The Bertz CT molecular complexity index is 619. The van der Waals surface area contributed by atoms with Gasteiger partial charge in [-0.25, -0.2) is 4.39 Å². The molecule has 5 nitrogen and oxygen atoms in total. The third-order valence-corrected chi connectivity index (χ3v) is 5.12. The molecule has 2 aliphatic heterocycles. The van der Waals surface area contributed by atoms with Crippen LogP contribution in [0, 0.1) is 11.2 Å². The maximum Gasteiger partial charge on any atom is 0.253 e. The van der Waals surface area contributed by atoms with Crippen molar-refractivity contribution in [3.63, 3.8) is 0 Å². The molecule has 2 amide bonds. The van der Waals surface area contributed by atoms with E-state index in [-0.39, 0.29) is 17.6 Å². The van der Waals surface area contributed by atoms with Gasteiger partial charge in [0, 0.05) is 38.9 Å². The number of likely N-dealkylation sites (tertiary alicyclic amines) is 2. The molecule has 0 bridgehead atoms. The van der Waals surface area contributed by atoms with Gasteiger partial charge in [0.15, 0.2) is 0 Å². The smallest absolute Gasteiger partial charge is 0.253 e. The predicted molar refractivity (Wildman–Crippen MR) is 87.0 cm³/mol. The molecular weight excluding hydrogens is 311 g/mol. The summed E-state index contributed by atoms with van der Waals surface area (Å²) in [5, 5.41) is 0. The molecule has 1 aromatic carbocycles. The van der Waals surface area contributed by atoms with E-state index >= 15 is 0 Å². The number of carbonyl (C=O) groups excluding carboxylic acids is 2. The molecule has 2 heterocycles. The van der Waals surface area contributed by atoms with Gasteiger partial charge in [-0.2, -0.15) is 0 Å². The minimum atomic E-state index is -0.457. The number of ether oxygens (including phenoxy) is 1. The predicted octanol–water partition coefficient (Wildman–Crippen LogP) is 1.93. The monoisotopic (exact) mass is 334 g/mol. The Morgan fingerprint density at radius 2 is 2.00 bits per heavy atom. The number of hydrogen-bond acceptors (Lipinski definition) is 3. The summed E-state index contributed by atoms with van der Waals surface area (Å²) in [6.45, 7) is 2.91. The normalized spacial score (nSPS) is 24.0. The van der Waals surface area contributed by atoms with Crippen LogP contribution >= 0.6 is 0 Å². The van der Waals surface area contributed by atoms with Gasteiger partial charge in [-0.3, -0.25) is 9.59 Å². The Hall–Kier alpha value is -1.95. The van der Waals surface area contributed by atoms with Gasteiger partial charge in [0.2, 0.25) is 5.91 Å². The Balaban J connectivity index is 1.70. The lowest BCUT2D eigenvalue weighted by atomic mass is 9.78. The lowest BCUT2D eigenvalue weighted by Crippen LogP contribution is -2.51. The molecule has 0 aromatic heterocycles. The van der Waals surface area contributed by atoms with Crippen molar-refractivity contribution < 1.29 is 18.7 Å². The Labute approximate surface area is 141 Å². The zero-order valence-electron chi connectivity index (χ0n) is 14.0. The van der Waals surface area contributed by atoms with Crippen LogP contribution in [-0.4, -0.2) is 61.5 Å². The van der Waals surface area contributed by atoms with E-state index in [1.54, 1.807) is 12.0 Å². The van der Waals surface area contributed by atoms with Gasteiger partial charge in [0.25, 0.3) is 5.91 Å². The van der Waals surface area contributed by atoms with Crippen molar-refractivity contribution in [1.29, 1.82) is 0 Å². The van der Waals surface area contributed by atoms with Crippen LogP contribution in [-0.2, 0) is 9.53 Å². The fourth-order valence-electron chi connectivity index (χ4n) is 3.77. The highest BCUT2D eigenvalue weighted by molar-refractivity contribution is 5.95. The average molecular weight is 334 g/mol. The highest BCUT2D eigenvalue weighted by Crippen LogP contribution is 2.40. The fraction of sp³-hybridized carbons (Fsp3) is 0.556. The molecule has 1 aromatic rings. The molecule has 24 heavy (non-hydrogen) atoms. The summed E-state index contributed by atoms with van der Waals surface area (Å²) in [6.07, 6.45) is 2.47. The minimum Gasteiger partial charge on any atom is -0.383 e. The molecule has 0 N–H and O–H groups in total. The number of piperidine rings is 1. The lowest BCUT2D eigenvalue weighted by Gasteiger charge is -2.39. The molecule has 2 saturated heterocycles. The van der Waals surface area contributed by atoms with Crippen molar-refractivity contribution in [2.75, 3.05) is 39.9 Å². The molecule has 2 aliphatic rings. The van der Waals surface area contributed by atoms with E-state index in [9.17, 15) is 14.0 Å². The van der Waals surface area contributed by atoms with Crippen molar-refractivity contribution in [2.45, 2.75) is 19.3 Å². The van der Waals surface area contributed by atoms with Crippen LogP contribution in [0.1, 0.15) is 29.6 Å². The molecule has 0 radical (unpaired) electrons. The number of rotatable bonds is 4. The van der Waals surface area contributed by atoms with Gasteiger partial charge in [-0.05, 0) is 43.5 Å². The third-order valence-electron chi connectivity index (χ3n) is 5.12. The van der Waals surface area contributed by atoms with E-state index in [4.69, 9.17) is 4.74 Å². The summed E-state index contributed by atoms with van der Waals surface area (Å²) >= 11 is 0. The molecule has 3 rings (SSSR count). The van der Waals surface area contributed by atoms with Crippen LogP contribution in [0.2, 0.25) is 0 Å². The Kier molecular flexibility index (Phi) is 4.85. The van der Waals surface area contributed by atoms with E-state index in [0.717, 1.165) is 19.4 Å². The summed E-state index contributed by atoms with van der Waals surface area (Å²) in [6, 6.07) is 5.57. The van der Waals surface area contributed by atoms with E-state index in [1.165, 1.54) is 24.3 Å². The summed E-state index contributed by atoms with van der Waals surface area (Å²) < 4.78 is 18.1. The number of carbonyl (C=O) groups is 2. The van der Waals surface area contributed by atoms with Crippen LogP contribution in [0.4, 0.5) is 4.39 Å². The maximum absolute atomic E-state index is 13.0. The molecule has 1 atom stereocenters. The van der Waals surface area contributed by atoms with Crippen LogP contribution < -0.4 is 0 Å². The largest absolute Gasteiger partial charge is 0.383 e. The second-order valence-corrected chi connectivity index (χ2v) is 6.65. The summed E-state index contributed by atoms with van der Waals surface area (Å²) in [4.78, 5) is 29.1. The first kappa shape index (κ1) is 16.9. The number of hydrogen-bond donors (Lipinski definition) is 0. The van der Waals surface area contributed by atoms with Gasteiger partial charge >= 0.3 is 0 Å². The van der Waals surface area contributed by atoms with Gasteiger partial charge in [-0.15, -0.1) is 0 Å². The number of nitrogens with zero attached hydrogens (tertiary/aromatic N) is 2. The second-order valence-electron chi connectivity index (χ2n) is 6.65.